The molecule has 0 N–H and O–H groups in total. The van der Waals surface area contributed by atoms with Gasteiger partial charge in [0.2, 0.25) is 0 Å². The Hall–Kier alpha value is -1.50. The Morgan fingerprint density at radius 3 is 3.24 bits per heavy atom. The molecule has 2 aromatic heterocycles. The van der Waals surface area contributed by atoms with Crippen LogP contribution in [0.4, 0.5) is 0 Å². The molecule has 2 atom stereocenters. The highest BCUT2D eigenvalue weighted by molar-refractivity contribution is 7.09. The maximum absolute atomic E-state index is 6.14. The molecule has 0 saturated carbocycles. The lowest BCUT2D eigenvalue weighted by atomic mass is 9.73. The van der Waals surface area contributed by atoms with Crippen molar-refractivity contribution in [3.8, 4) is 5.75 Å². The zero-order valence-electron chi connectivity index (χ0n) is 14.7. The number of fused-ring (bicyclic) bond motifs is 1. The highest BCUT2D eigenvalue weighted by Crippen LogP contribution is 2.41. The van der Waals surface area contributed by atoms with Crippen LogP contribution in [0.5, 0.6) is 5.75 Å². The highest BCUT2D eigenvalue weighted by Gasteiger charge is 2.46. The zero-order chi connectivity index (χ0) is 17.1. The van der Waals surface area contributed by atoms with Gasteiger partial charge in [-0.1, -0.05) is 0 Å². The fourth-order valence-corrected chi connectivity index (χ4v) is 4.70. The van der Waals surface area contributed by atoms with E-state index in [1.807, 2.05) is 12.1 Å². The van der Waals surface area contributed by atoms with Crippen molar-refractivity contribution in [1.82, 2.24) is 14.9 Å². The van der Waals surface area contributed by atoms with Crippen molar-refractivity contribution in [2.75, 3.05) is 26.3 Å². The molecular formula is C19H25N3O2S. The third kappa shape index (κ3) is 3.86. The fourth-order valence-electron chi connectivity index (χ4n) is 4.10. The van der Waals surface area contributed by atoms with E-state index in [1.54, 1.807) is 23.7 Å². The third-order valence-electron chi connectivity index (χ3n) is 5.28. The maximum atomic E-state index is 6.14. The molecule has 134 valence electrons. The Morgan fingerprint density at radius 1 is 1.48 bits per heavy atom. The van der Waals surface area contributed by atoms with Crippen LogP contribution < -0.4 is 4.74 Å². The third-order valence-corrected chi connectivity index (χ3v) is 6.10. The molecule has 6 heteroatoms. The van der Waals surface area contributed by atoms with E-state index in [1.165, 1.54) is 5.69 Å². The number of nitrogens with zero attached hydrogens (tertiary/aromatic N) is 3. The molecule has 0 aliphatic carbocycles. The Balaban J connectivity index is 1.46. The van der Waals surface area contributed by atoms with Gasteiger partial charge in [-0.25, -0.2) is 4.98 Å². The molecule has 0 amide bonds. The number of thiazole rings is 1. The van der Waals surface area contributed by atoms with Crippen LogP contribution >= 0.6 is 11.3 Å². The lowest BCUT2D eigenvalue weighted by molar-refractivity contribution is -0.141. The zero-order valence-corrected chi connectivity index (χ0v) is 15.5. The molecular weight excluding hydrogens is 334 g/mol. The topological polar surface area (TPSA) is 47.5 Å². The summed E-state index contributed by atoms with van der Waals surface area (Å²) in [4.78, 5) is 11.3. The molecule has 25 heavy (non-hydrogen) atoms. The van der Waals surface area contributed by atoms with Crippen molar-refractivity contribution in [3.05, 3.63) is 40.6 Å². The second-order valence-electron chi connectivity index (χ2n) is 7.16. The summed E-state index contributed by atoms with van der Waals surface area (Å²) in [5.74, 6) is 0.841. The second-order valence-corrected chi connectivity index (χ2v) is 8.22. The quantitative estimate of drug-likeness (QED) is 0.820. The van der Waals surface area contributed by atoms with Crippen molar-refractivity contribution in [2.45, 2.75) is 38.8 Å². The van der Waals surface area contributed by atoms with Gasteiger partial charge in [0.15, 0.2) is 0 Å². The van der Waals surface area contributed by atoms with E-state index in [9.17, 15) is 0 Å². The molecule has 0 aromatic carbocycles. The van der Waals surface area contributed by atoms with Crippen LogP contribution in [0.3, 0.4) is 0 Å². The van der Waals surface area contributed by atoms with E-state index in [4.69, 9.17) is 9.47 Å². The van der Waals surface area contributed by atoms with Crippen molar-refractivity contribution in [3.63, 3.8) is 0 Å². The number of hydrogen-bond acceptors (Lipinski definition) is 6. The summed E-state index contributed by atoms with van der Waals surface area (Å²) in [6.45, 7) is 6.63. The molecule has 4 rings (SSSR count). The number of rotatable bonds is 5. The van der Waals surface area contributed by atoms with Crippen LogP contribution in [-0.2, 0) is 11.3 Å². The predicted molar refractivity (Wildman–Crippen MR) is 97.9 cm³/mol. The van der Waals surface area contributed by atoms with E-state index in [2.05, 4.69) is 27.2 Å². The average Bonchev–Trinajstić information content (AvgIpc) is 3.05. The van der Waals surface area contributed by atoms with Gasteiger partial charge >= 0.3 is 0 Å². The van der Waals surface area contributed by atoms with Gasteiger partial charge < -0.3 is 9.47 Å². The number of piperidine rings is 1. The molecule has 4 heterocycles. The van der Waals surface area contributed by atoms with Gasteiger partial charge in [0.25, 0.3) is 0 Å². The number of aromatic nitrogens is 2. The first-order chi connectivity index (χ1) is 12.2. The lowest BCUT2D eigenvalue weighted by Gasteiger charge is -2.50. The average molecular weight is 359 g/mol. The summed E-state index contributed by atoms with van der Waals surface area (Å²) in [7, 11) is 0. The van der Waals surface area contributed by atoms with Gasteiger partial charge in [0.05, 0.1) is 29.6 Å². The molecule has 2 aromatic rings. The molecule has 0 unspecified atom stereocenters. The van der Waals surface area contributed by atoms with Crippen LogP contribution in [-0.4, -0.2) is 47.3 Å². The normalized spacial score (nSPS) is 27.0. The number of pyridine rings is 1. The summed E-state index contributed by atoms with van der Waals surface area (Å²) in [6.07, 6.45) is 7.19. The second kappa shape index (κ2) is 7.40. The fraction of sp³-hybridized carbons (Fsp3) is 0.579. The number of aryl methyl sites for hydroxylation is 1. The smallest absolute Gasteiger partial charge is 0.137 e. The van der Waals surface area contributed by atoms with Crippen molar-refractivity contribution in [1.29, 1.82) is 0 Å². The van der Waals surface area contributed by atoms with Crippen LogP contribution in [0.1, 0.15) is 30.0 Å². The monoisotopic (exact) mass is 359 g/mol. The molecule has 5 nitrogen and oxygen atoms in total. The lowest BCUT2D eigenvalue weighted by Crippen LogP contribution is -2.57. The molecule has 0 spiro atoms. The Labute approximate surface area is 153 Å². The molecule has 2 saturated heterocycles. The molecule has 2 fully saturated rings. The van der Waals surface area contributed by atoms with Gasteiger partial charge in [-0.15, -0.1) is 11.3 Å². The number of likely N-dealkylation sites (tertiary alicyclic amines) is 1. The highest BCUT2D eigenvalue weighted by atomic mass is 32.1. The minimum Gasteiger partial charge on any atom is -0.491 e. The summed E-state index contributed by atoms with van der Waals surface area (Å²) >= 11 is 1.73. The van der Waals surface area contributed by atoms with Gasteiger partial charge in [-0.2, -0.15) is 0 Å². The molecule has 0 radical (unpaired) electrons. The summed E-state index contributed by atoms with van der Waals surface area (Å²) in [5, 5.41) is 3.32. The Kier molecular flexibility index (Phi) is 5.01. The van der Waals surface area contributed by atoms with E-state index < -0.39 is 0 Å². The van der Waals surface area contributed by atoms with Gasteiger partial charge in [-0.05, 0) is 38.3 Å². The summed E-state index contributed by atoms with van der Waals surface area (Å²) in [5.41, 5.74) is 1.25. The van der Waals surface area contributed by atoms with Crippen LogP contribution in [0.25, 0.3) is 0 Å². The van der Waals surface area contributed by atoms with Crippen LogP contribution in [0.2, 0.25) is 0 Å². The standard InChI is InChI=1S/C19H25N3O2S/c1-15-21-16(12-25-15)11-22-8-5-18-19(13-22,6-3-9-23-18)14-24-17-4-2-7-20-10-17/h2,4,7,10,12,18H,3,5-6,8-9,11,13-14H2,1H3/t18-,19+/m0/s1. The summed E-state index contributed by atoms with van der Waals surface area (Å²) in [6, 6.07) is 3.89. The molecule has 2 aliphatic heterocycles. The Bertz CT molecular complexity index is 693. The number of ether oxygens (including phenoxy) is 2. The van der Waals surface area contributed by atoms with Crippen LogP contribution in [0.15, 0.2) is 29.9 Å². The first kappa shape index (κ1) is 16.9. The maximum Gasteiger partial charge on any atom is 0.137 e. The first-order valence-corrected chi connectivity index (χ1v) is 9.89. The SMILES string of the molecule is Cc1nc(CN2CC[C@@H]3OCCC[C@]3(COc3cccnc3)C2)cs1. The van der Waals surface area contributed by atoms with Gasteiger partial charge in [-0.3, -0.25) is 9.88 Å². The predicted octanol–water partition coefficient (Wildman–Crippen LogP) is 3.30. The minimum absolute atomic E-state index is 0.0669. The van der Waals surface area contributed by atoms with Crippen LogP contribution in [0, 0.1) is 12.3 Å². The Morgan fingerprint density at radius 2 is 2.44 bits per heavy atom. The van der Waals surface area contributed by atoms with Crippen molar-refractivity contribution < 1.29 is 9.47 Å². The van der Waals surface area contributed by atoms with E-state index in [0.717, 1.165) is 56.3 Å². The first-order valence-electron chi connectivity index (χ1n) is 9.01. The van der Waals surface area contributed by atoms with Crippen molar-refractivity contribution in [2.24, 2.45) is 5.41 Å². The van der Waals surface area contributed by atoms with E-state index >= 15 is 0 Å². The number of hydrogen-bond donors (Lipinski definition) is 0. The van der Waals surface area contributed by atoms with Gasteiger partial charge in [0.1, 0.15) is 5.75 Å². The summed E-state index contributed by atoms with van der Waals surface area (Å²) < 4.78 is 12.3. The van der Waals surface area contributed by atoms with Crippen molar-refractivity contribution >= 4 is 11.3 Å². The van der Waals surface area contributed by atoms with E-state index in [0.29, 0.717) is 12.7 Å². The largest absolute Gasteiger partial charge is 0.491 e. The minimum atomic E-state index is 0.0669. The van der Waals surface area contributed by atoms with Gasteiger partial charge in [0, 0.05) is 43.2 Å². The van der Waals surface area contributed by atoms with E-state index in [-0.39, 0.29) is 5.41 Å². The molecule has 2 aliphatic rings. The molecule has 0 bridgehead atoms.